The van der Waals surface area contributed by atoms with Gasteiger partial charge in [0.25, 0.3) is 15.9 Å². The summed E-state index contributed by atoms with van der Waals surface area (Å²) < 4.78 is 36.3. The second kappa shape index (κ2) is 5.51. The number of amides is 1. The van der Waals surface area contributed by atoms with Gasteiger partial charge in [-0.25, -0.2) is 17.7 Å². The van der Waals surface area contributed by atoms with E-state index in [1.54, 1.807) is 0 Å². The fourth-order valence-electron chi connectivity index (χ4n) is 2.35. The van der Waals surface area contributed by atoms with Crippen LogP contribution in [0.2, 0.25) is 0 Å². The number of hydrogen-bond donors (Lipinski definition) is 0. The highest BCUT2D eigenvalue weighted by atomic mass is 32.2. The summed E-state index contributed by atoms with van der Waals surface area (Å²) >= 11 is 0. The van der Waals surface area contributed by atoms with Gasteiger partial charge in [0.05, 0.1) is 38.2 Å². The standard InChI is InChI=1S/C14H13N3O5S/c1-21-11-6-9(8-16-14(11)22-2)17-13(18)7-10-12(23(17,19)20)4-3-5-15-10/h3-6,8H,7H2,1-2H3. The lowest BCUT2D eigenvalue weighted by molar-refractivity contribution is -0.117. The van der Waals surface area contributed by atoms with Gasteiger partial charge in [0.1, 0.15) is 4.90 Å². The van der Waals surface area contributed by atoms with Gasteiger partial charge in [-0.15, -0.1) is 0 Å². The Balaban J connectivity index is 2.15. The van der Waals surface area contributed by atoms with E-state index in [1.807, 2.05) is 0 Å². The van der Waals surface area contributed by atoms with Crippen LogP contribution in [0.5, 0.6) is 11.6 Å². The molecule has 0 atom stereocenters. The Bertz CT molecular complexity index is 882. The highest BCUT2D eigenvalue weighted by Crippen LogP contribution is 2.34. The van der Waals surface area contributed by atoms with Crippen LogP contribution in [0.25, 0.3) is 0 Å². The number of fused-ring (bicyclic) bond motifs is 1. The minimum absolute atomic E-state index is 0.00869. The van der Waals surface area contributed by atoms with E-state index < -0.39 is 15.9 Å². The number of sulfonamides is 1. The molecule has 120 valence electrons. The summed E-state index contributed by atoms with van der Waals surface area (Å²) in [7, 11) is -1.23. The highest BCUT2D eigenvalue weighted by molar-refractivity contribution is 7.93. The molecular weight excluding hydrogens is 322 g/mol. The van der Waals surface area contributed by atoms with Gasteiger partial charge in [-0.2, -0.15) is 0 Å². The highest BCUT2D eigenvalue weighted by Gasteiger charge is 2.38. The molecule has 0 bridgehead atoms. The Hall–Kier alpha value is -2.68. The molecular formula is C14H13N3O5S. The van der Waals surface area contributed by atoms with Crippen LogP contribution in [0.4, 0.5) is 5.69 Å². The molecule has 0 aromatic carbocycles. The smallest absolute Gasteiger partial charge is 0.272 e. The number of hydrogen-bond acceptors (Lipinski definition) is 7. The van der Waals surface area contributed by atoms with Crippen LogP contribution >= 0.6 is 0 Å². The third kappa shape index (κ3) is 2.38. The van der Waals surface area contributed by atoms with Gasteiger partial charge in [-0.05, 0) is 12.1 Å². The molecule has 0 radical (unpaired) electrons. The van der Waals surface area contributed by atoms with Crippen molar-refractivity contribution < 1.29 is 22.7 Å². The first-order valence-electron chi connectivity index (χ1n) is 6.59. The Kier molecular flexibility index (Phi) is 3.64. The molecule has 3 rings (SSSR count). The number of anilines is 1. The third-order valence-corrected chi connectivity index (χ3v) is 5.19. The van der Waals surface area contributed by atoms with Gasteiger partial charge in [-0.1, -0.05) is 0 Å². The van der Waals surface area contributed by atoms with Gasteiger partial charge in [0, 0.05) is 12.3 Å². The Labute approximate surface area is 132 Å². The zero-order valence-electron chi connectivity index (χ0n) is 12.4. The van der Waals surface area contributed by atoms with Gasteiger partial charge in [0.15, 0.2) is 5.75 Å². The van der Waals surface area contributed by atoms with Gasteiger partial charge in [-0.3, -0.25) is 9.78 Å². The van der Waals surface area contributed by atoms with Crippen molar-refractivity contribution in [1.29, 1.82) is 0 Å². The normalized spacial score (nSPS) is 15.9. The van der Waals surface area contributed by atoms with E-state index >= 15 is 0 Å². The molecule has 0 N–H and O–H groups in total. The topological polar surface area (TPSA) is 98.7 Å². The maximum Gasteiger partial charge on any atom is 0.272 e. The lowest BCUT2D eigenvalue weighted by Gasteiger charge is -2.27. The number of pyridine rings is 2. The molecule has 1 amide bonds. The van der Waals surface area contributed by atoms with Crippen LogP contribution in [0, 0.1) is 0 Å². The van der Waals surface area contributed by atoms with E-state index in [4.69, 9.17) is 9.47 Å². The summed E-state index contributed by atoms with van der Waals surface area (Å²) in [5.74, 6) is -0.185. The molecule has 2 aromatic heterocycles. The molecule has 3 heterocycles. The maximum absolute atomic E-state index is 12.7. The second-order valence-electron chi connectivity index (χ2n) is 4.69. The summed E-state index contributed by atoms with van der Waals surface area (Å²) in [4.78, 5) is 20.3. The molecule has 0 fully saturated rings. The number of rotatable bonds is 3. The summed E-state index contributed by atoms with van der Waals surface area (Å²) in [6.07, 6.45) is 2.59. The van der Waals surface area contributed by atoms with Crippen LogP contribution in [-0.4, -0.2) is 38.5 Å². The molecule has 0 saturated heterocycles. The van der Waals surface area contributed by atoms with Gasteiger partial charge >= 0.3 is 0 Å². The van der Waals surface area contributed by atoms with Crippen molar-refractivity contribution in [3.05, 3.63) is 36.3 Å². The Morgan fingerprint density at radius 3 is 2.70 bits per heavy atom. The van der Waals surface area contributed by atoms with Gasteiger partial charge in [0.2, 0.25) is 5.91 Å². The van der Waals surface area contributed by atoms with Crippen molar-refractivity contribution in [2.24, 2.45) is 0 Å². The van der Waals surface area contributed by atoms with Crippen LogP contribution in [0.1, 0.15) is 5.69 Å². The number of methoxy groups -OCH3 is 2. The first-order chi connectivity index (χ1) is 11.0. The van der Waals surface area contributed by atoms with Crippen LogP contribution in [0.15, 0.2) is 35.5 Å². The first-order valence-corrected chi connectivity index (χ1v) is 8.03. The number of aromatic nitrogens is 2. The van der Waals surface area contributed by atoms with E-state index in [0.29, 0.717) is 4.31 Å². The third-order valence-electron chi connectivity index (χ3n) is 3.36. The molecule has 2 aromatic rings. The van der Waals surface area contributed by atoms with E-state index in [1.165, 1.54) is 44.8 Å². The lowest BCUT2D eigenvalue weighted by atomic mass is 10.2. The average Bonchev–Trinajstić information content (AvgIpc) is 2.54. The van der Waals surface area contributed by atoms with Crippen LogP contribution in [0.3, 0.4) is 0 Å². The zero-order chi connectivity index (χ0) is 16.6. The van der Waals surface area contributed by atoms with Crippen molar-refractivity contribution in [1.82, 2.24) is 9.97 Å². The lowest BCUT2D eigenvalue weighted by Crippen LogP contribution is -2.42. The molecule has 0 spiro atoms. The number of nitrogens with zero attached hydrogens (tertiary/aromatic N) is 3. The van der Waals surface area contributed by atoms with Crippen molar-refractivity contribution in [3.63, 3.8) is 0 Å². The Morgan fingerprint density at radius 1 is 1.22 bits per heavy atom. The van der Waals surface area contributed by atoms with Gasteiger partial charge < -0.3 is 9.47 Å². The molecule has 8 nitrogen and oxygen atoms in total. The summed E-state index contributed by atoms with van der Waals surface area (Å²) in [5.41, 5.74) is 0.323. The predicted octanol–water partition coefficient (Wildman–Crippen LogP) is 0.772. The van der Waals surface area contributed by atoms with E-state index in [0.717, 1.165) is 0 Å². The number of carbonyl (C=O) groups is 1. The van der Waals surface area contributed by atoms with Crippen molar-refractivity contribution >= 4 is 21.6 Å². The molecule has 23 heavy (non-hydrogen) atoms. The SMILES string of the molecule is COc1cc(N2C(=O)Cc3ncccc3S2(=O)=O)cnc1OC. The summed E-state index contributed by atoms with van der Waals surface area (Å²) in [5, 5.41) is 0. The largest absolute Gasteiger partial charge is 0.491 e. The quantitative estimate of drug-likeness (QED) is 0.817. The maximum atomic E-state index is 12.7. The zero-order valence-corrected chi connectivity index (χ0v) is 13.2. The fourth-order valence-corrected chi connectivity index (χ4v) is 3.93. The van der Waals surface area contributed by atoms with E-state index in [2.05, 4.69) is 9.97 Å². The molecule has 0 unspecified atom stereocenters. The number of ether oxygens (including phenoxy) is 2. The minimum Gasteiger partial charge on any atom is -0.491 e. The molecule has 0 saturated carbocycles. The number of carbonyl (C=O) groups excluding carboxylic acids is 1. The second-order valence-corrected chi connectivity index (χ2v) is 6.45. The molecule has 0 aliphatic carbocycles. The van der Waals surface area contributed by atoms with Crippen molar-refractivity contribution in [2.45, 2.75) is 11.3 Å². The predicted molar refractivity (Wildman–Crippen MR) is 80.0 cm³/mol. The fraction of sp³-hybridized carbons (Fsp3) is 0.214. The van der Waals surface area contributed by atoms with Crippen LogP contribution < -0.4 is 13.8 Å². The average molecular weight is 335 g/mol. The first kappa shape index (κ1) is 15.2. The van der Waals surface area contributed by atoms with Crippen molar-refractivity contribution in [2.75, 3.05) is 18.5 Å². The van der Waals surface area contributed by atoms with Crippen molar-refractivity contribution in [3.8, 4) is 11.6 Å². The molecule has 9 heteroatoms. The minimum atomic E-state index is -4.04. The molecule has 1 aliphatic rings. The van der Waals surface area contributed by atoms with Crippen LogP contribution in [-0.2, 0) is 21.2 Å². The molecule has 1 aliphatic heterocycles. The van der Waals surface area contributed by atoms with E-state index in [9.17, 15) is 13.2 Å². The Morgan fingerprint density at radius 2 is 2.00 bits per heavy atom. The summed E-state index contributed by atoms with van der Waals surface area (Å²) in [6.45, 7) is 0. The van der Waals surface area contributed by atoms with E-state index in [-0.39, 0.29) is 34.3 Å². The monoisotopic (exact) mass is 335 g/mol. The summed E-state index contributed by atoms with van der Waals surface area (Å²) in [6, 6.07) is 4.32.